The van der Waals surface area contributed by atoms with Crippen molar-refractivity contribution in [3.8, 4) is 0 Å². The lowest BCUT2D eigenvalue weighted by Crippen LogP contribution is -2.07. The SMILES string of the molecule is CCOC(=O)c1coc(=O)cc1Cl. The highest BCUT2D eigenvalue weighted by Crippen LogP contribution is 2.13. The number of hydrogen-bond acceptors (Lipinski definition) is 4. The first-order valence-electron chi connectivity index (χ1n) is 3.60. The van der Waals surface area contributed by atoms with Gasteiger partial charge in [-0.1, -0.05) is 11.6 Å². The Labute approximate surface area is 79.1 Å². The van der Waals surface area contributed by atoms with Crippen LogP contribution in [0.15, 0.2) is 21.5 Å². The molecular weight excluding hydrogens is 196 g/mol. The van der Waals surface area contributed by atoms with Gasteiger partial charge in [0.1, 0.15) is 11.8 Å². The zero-order chi connectivity index (χ0) is 9.84. The molecule has 0 aromatic carbocycles. The van der Waals surface area contributed by atoms with Gasteiger partial charge in [0.25, 0.3) is 0 Å². The molecule has 0 bridgehead atoms. The predicted octanol–water partition coefficient (Wildman–Crippen LogP) is 1.47. The van der Waals surface area contributed by atoms with Gasteiger partial charge in [-0.3, -0.25) is 0 Å². The van der Waals surface area contributed by atoms with E-state index in [-0.39, 0.29) is 17.2 Å². The minimum absolute atomic E-state index is 0.0368. The Hall–Kier alpha value is -1.29. The zero-order valence-electron chi connectivity index (χ0n) is 6.87. The summed E-state index contributed by atoms with van der Waals surface area (Å²) >= 11 is 5.60. The normalized spacial score (nSPS) is 9.69. The van der Waals surface area contributed by atoms with Crippen LogP contribution in [0.2, 0.25) is 5.02 Å². The molecular formula is C8H7ClO4. The summed E-state index contributed by atoms with van der Waals surface area (Å²) < 4.78 is 9.13. The van der Waals surface area contributed by atoms with Crippen LogP contribution >= 0.6 is 11.6 Å². The Balaban J connectivity index is 3.02. The average Bonchev–Trinajstić information content (AvgIpc) is 2.04. The second-order valence-electron chi connectivity index (χ2n) is 2.18. The molecule has 0 aliphatic heterocycles. The monoisotopic (exact) mass is 202 g/mol. The fourth-order valence-corrected chi connectivity index (χ4v) is 0.954. The van der Waals surface area contributed by atoms with Crippen molar-refractivity contribution < 1.29 is 13.9 Å². The average molecular weight is 203 g/mol. The van der Waals surface area contributed by atoms with Gasteiger partial charge in [-0.2, -0.15) is 0 Å². The summed E-state index contributed by atoms with van der Waals surface area (Å²) in [6.45, 7) is 1.92. The van der Waals surface area contributed by atoms with E-state index >= 15 is 0 Å². The number of halogens is 1. The third kappa shape index (κ3) is 2.32. The molecule has 5 heteroatoms. The lowest BCUT2D eigenvalue weighted by atomic mass is 10.3. The summed E-state index contributed by atoms with van der Waals surface area (Å²) in [5.74, 6) is -0.601. The van der Waals surface area contributed by atoms with Crippen molar-refractivity contribution in [2.24, 2.45) is 0 Å². The van der Waals surface area contributed by atoms with Crippen LogP contribution in [0.1, 0.15) is 17.3 Å². The number of hydrogen-bond donors (Lipinski definition) is 0. The largest absolute Gasteiger partial charge is 0.462 e. The fraction of sp³-hybridized carbons (Fsp3) is 0.250. The molecule has 1 heterocycles. The van der Waals surface area contributed by atoms with Crippen molar-refractivity contribution in [2.45, 2.75) is 6.92 Å². The van der Waals surface area contributed by atoms with E-state index in [1.807, 2.05) is 0 Å². The molecule has 4 nitrogen and oxygen atoms in total. The van der Waals surface area contributed by atoms with E-state index in [0.29, 0.717) is 0 Å². The van der Waals surface area contributed by atoms with E-state index in [0.717, 1.165) is 12.3 Å². The molecule has 0 spiro atoms. The van der Waals surface area contributed by atoms with Gasteiger partial charge in [0.2, 0.25) is 0 Å². The molecule has 0 aliphatic carbocycles. The van der Waals surface area contributed by atoms with Crippen LogP contribution in [0.3, 0.4) is 0 Å². The second-order valence-corrected chi connectivity index (χ2v) is 2.59. The third-order valence-electron chi connectivity index (χ3n) is 1.29. The highest BCUT2D eigenvalue weighted by atomic mass is 35.5. The molecule has 0 N–H and O–H groups in total. The van der Waals surface area contributed by atoms with Gasteiger partial charge in [0.05, 0.1) is 11.6 Å². The van der Waals surface area contributed by atoms with Crippen LogP contribution in [-0.2, 0) is 4.74 Å². The van der Waals surface area contributed by atoms with Gasteiger partial charge < -0.3 is 9.15 Å². The van der Waals surface area contributed by atoms with Crippen LogP contribution in [0.5, 0.6) is 0 Å². The molecule has 0 radical (unpaired) electrons. The Bertz CT molecular complexity index is 369. The Morgan fingerprint density at radius 2 is 2.38 bits per heavy atom. The Kier molecular flexibility index (Phi) is 3.08. The molecule has 70 valence electrons. The molecule has 0 saturated carbocycles. The van der Waals surface area contributed by atoms with Crippen molar-refractivity contribution in [1.29, 1.82) is 0 Å². The zero-order valence-corrected chi connectivity index (χ0v) is 7.63. The molecule has 0 aliphatic rings. The summed E-state index contributed by atoms with van der Waals surface area (Å²) in [6, 6.07) is 1.02. The number of carbonyl (C=O) groups is 1. The van der Waals surface area contributed by atoms with Gasteiger partial charge in [-0.15, -0.1) is 0 Å². The standard InChI is InChI=1S/C8H7ClO4/c1-2-12-8(11)5-4-13-7(10)3-6(5)9/h3-4H,2H2,1H3. The smallest absolute Gasteiger partial charge is 0.342 e. The molecule has 0 unspecified atom stereocenters. The van der Waals surface area contributed by atoms with Crippen molar-refractivity contribution >= 4 is 17.6 Å². The van der Waals surface area contributed by atoms with E-state index in [2.05, 4.69) is 9.15 Å². The summed E-state index contributed by atoms with van der Waals surface area (Å²) in [7, 11) is 0. The Morgan fingerprint density at radius 3 is 2.92 bits per heavy atom. The minimum atomic E-state index is -0.601. The maximum atomic E-state index is 11.1. The fourth-order valence-electron chi connectivity index (χ4n) is 0.743. The van der Waals surface area contributed by atoms with Crippen molar-refractivity contribution in [3.63, 3.8) is 0 Å². The lowest BCUT2D eigenvalue weighted by Gasteiger charge is -2.01. The van der Waals surface area contributed by atoms with E-state index < -0.39 is 11.6 Å². The van der Waals surface area contributed by atoms with Crippen LogP contribution < -0.4 is 5.63 Å². The summed E-state index contributed by atoms with van der Waals surface area (Å²) in [5.41, 5.74) is -0.541. The molecule has 1 aromatic rings. The molecule has 0 amide bonds. The molecule has 0 atom stereocenters. The first kappa shape index (κ1) is 9.80. The van der Waals surface area contributed by atoms with Crippen molar-refractivity contribution in [3.05, 3.63) is 33.3 Å². The van der Waals surface area contributed by atoms with Crippen molar-refractivity contribution in [1.82, 2.24) is 0 Å². The van der Waals surface area contributed by atoms with Crippen molar-refractivity contribution in [2.75, 3.05) is 6.61 Å². The van der Waals surface area contributed by atoms with Gasteiger partial charge in [0, 0.05) is 6.07 Å². The highest BCUT2D eigenvalue weighted by molar-refractivity contribution is 6.33. The first-order valence-corrected chi connectivity index (χ1v) is 3.98. The summed E-state index contributed by atoms with van der Waals surface area (Å²) in [5, 5.41) is 0.0368. The summed E-state index contributed by atoms with van der Waals surface area (Å²) in [4.78, 5) is 21.7. The van der Waals surface area contributed by atoms with E-state index in [4.69, 9.17) is 11.6 Å². The molecule has 1 aromatic heterocycles. The maximum absolute atomic E-state index is 11.1. The van der Waals surface area contributed by atoms with Gasteiger partial charge in [-0.25, -0.2) is 9.59 Å². The number of carbonyl (C=O) groups excluding carboxylic acids is 1. The minimum Gasteiger partial charge on any atom is -0.462 e. The van der Waals surface area contributed by atoms with Gasteiger partial charge in [0.15, 0.2) is 0 Å². The summed E-state index contributed by atoms with van der Waals surface area (Å²) in [6.07, 6.45) is 0.989. The lowest BCUT2D eigenvalue weighted by molar-refractivity contribution is 0.0523. The van der Waals surface area contributed by atoms with Gasteiger partial charge in [-0.05, 0) is 6.92 Å². The second kappa shape index (κ2) is 4.09. The molecule has 1 rings (SSSR count). The predicted molar refractivity (Wildman–Crippen MR) is 45.9 cm³/mol. The van der Waals surface area contributed by atoms with Gasteiger partial charge >= 0.3 is 11.6 Å². The first-order chi connectivity index (χ1) is 6.15. The van der Waals surface area contributed by atoms with Crippen LogP contribution in [0.4, 0.5) is 0 Å². The quantitative estimate of drug-likeness (QED) is 0.682. The third-order valence-corrected chi connectivity index (χ3v) is 1.60. The number of ether oxygens (including phenoxy) is 1. The number of esters is 1. The van der Waals surface area contributed by atoms with Crippen LogP contribution in [0, 0.1) is 0 Å². The molecule has 0 saturated heterocycles. The van der Waals surface area contributed by atoms with Crippen LogP contribution in [-0.4, -0.2) is 12.6 Å². The maximum Gasteiger partial charge on any atom is 0.342 e. The topological polar surface area (TPSA) is 56.5 Å². The van der Waals surface area contributed by atoms with Crippen LogP contribution in [0.25, 0.3) is 0 Å². The Morgan fingerprint density at radius 1 is 1.69 bits per heavy atom. The van der Waals surface area contributed by atoms with E-state index in [1.165, 1.54) is 0 Å². The van der Waals surface area contributed by atoms with E-state index in [1.54, 1.807) is 6.92 Å². The molecule has 13 heavy (non-hydrogen) atoms. The van der Waals surface area contributed by atoms with E-state index in [9.17, 15) is 9.59 Å². The number of rotatable bonds is 2. The highest BCUT2D eigenvalue weighted by Gasteiger charge is 2.12. The molecule has 0 fully saturated rings.